The van der Waals surface area contributed by atoms with Crippen LogP contribution in [0.4, 0.5) is 0 Å². The molecule has 0 atom stereocenters. The zero-order chi connectivity index (χ0) is 12.9. The summed E-state index contributed by atoms with van der Waals surface area (Å²) in [6.45, 7) is 4.92. The summed E-state index contributed by atoms with van der Waals surface area (Å²) in [6, 6.07) is 0. The van der Waals surface area contributed by atoms with Gasteiger partial charge in [-0.25, -0.2) is 0 Å². The van der Waals surface area contributed by atoms with Crippen LogP contribution in [0.15, 0.2) is 5.16 Å². The van der Waals surface area contributed by atoms with Crippen molar-refractivity contribution in [2.45, 2.75) is 39.0 Å². The largest absolute Gasteiger partial charge is 0.411 e. The van der Waals surface area contributed by atoms with E-state index in [0.29, 0.717) is 6.54 Å². The maximum atomic E-state index is 10.9. The lowest BCUT2D eigenvalue weighted by Crippen LogP contribution is -2.29. The topological polar surface area (TPSA) is 64.9 Å². The lowest BCUT2D eigenvalue weighted by atomic mass is 10.2. The SMILES string of the molecule is CCCCCCN(C)CCCNC(=O)/C=N\O. The first-order valence-electron chi connectivity index (χ1n) is 6.34. The van der Waals surface area contributed by atoms with Gasteiger partial charge in [0.2, 0.25) is 0 Å². The first-order chi connectivity index (χ1) is 8.20. The van der Waals surface area contributed by atoms with Gasteiger partial charge in [0.15, 0.2) is 0 Å². The lowest BCUT2D eigenvalue weighted by Gasteiger charge is -2.16. The zero-order valence-electron chi connectivity index (χ0n) is 11.0. The average Bonchev–Trinajstić information content (AvgIpc) is 2.31. The molecule has 0 unspecified atom stereocenters. The highest BCUT2D eigenvalue weighted by molar-refractivity contribution is 6.25. The van der Waals surface area contributed by atoms with Gasteiger partial charge in [-0.2, -0.15) is 0 Å². The molecular formula is C12H25N3O2. The molecule has 0 aromatic carbocycles. The summed E-state index contributed by atoms with van der Waals surface area (Å²) >= 11 is 0. The molecular weight excluding hydrogens is 218 g/mol. The van der Waals surface area contributed by atoms with E-state index >= 15 is 0 Å². The Bertz CT molecular complexity index is 220. The van der Waals surface area contributed by atoms with Crippen molar-refractivity contribution in [3.63, 3.8) is 0 Å². The minimum absolute atomic E-state index is 0.349. The molecule has 0 spiro atoms. The normalized spacial score (nSPS) is 11.2. The number of carbonyl (C=O) groups excluding carboxylic acids is 1. The number of nitrogens with zero attached hydrogens (tertiary/aromatic N) is 2. The van der Waals surface area contributed by atoms with E-state index in [0.717, 1.165) is 25.7 Å². The second-order valence-corrected chi connectivity index (χ2v) is 4.25. The van der Waals surface area contributed by atoms with Gasteiger partial charge in [0.05, 0.1) is 0 Å². The van der Waals surface area contributed by atoms with Crippen LogP contribution in [0.3, 0.4) is 0 Å². The molecule has 0 bridgehead atoms. The number of carbonyl (C=O) groups is 1. The summed E-state index contributed by atoms with van der Waals surface area (Å²) in [5.74, 6) is -0.349. The van der Waals surface area contributed by atoms with Gasteiger partial charge >= 0.3 is 0 Å². The van der Waals surface area contributed by atoms with Crippen molar-refractivity contribution in [3.8, 4) is 0 Å². The standard InChI is InChI=1S/C12H25N3O2/c1-3-4-5-6-9-15(2)10-7-8-13-12(16)11-14-17/h11,17H,3-10H2,1-2H3,(H,13,16)/b14-11-. The second kappa shape index (κ2) is 11.4. The highest BCUT2D eigenvalue weighted by atomic mass is 16.4. The zero-order valence-corrected chi connectivity index (χ0v) is 11.0. The third kappa shape index (κ3) is 11.2. The highest BCUT2D eigenvalue weighted by Gasteiger charge is 1.99. The summed E-state index contributed by atoms with van der Waals surface area (Å²) in [4.78, 5) is 13.2. The van der Waals surface area contributed by atoms with Crippen LogP contribution in [0.25, 0.3) is 0 Å². The van der Waals surface area contributed by atoms with Crippen molar-refractivity contribution in [3.05, 3.63) is 0 Å². The van der Waals surface area contributed by atoms with Crippen molar-refractivity contribution in [1.29, 1.82) is 0 Å². The fourth-order valence-corrected chi connectivity index (χ4v) is 1.58. The Morgan fingerprint density at radius 3 is 2.65 bits per heavy atom. The van der Waals surface area contributed by atoms with Crippen molar-refractivity contribution < 1.29 is 10.0 Å². The first kappa shape index (κ1) is 15.9. The molecule has 0 aliphatic rings. The van der Waals surface area contributed by atoms with Gasteiger partial charge < -0.3 is 15.4 Å². The first-order valence-corrected chi connectivity index (χ1v) is 6.34. The molecule has 0 saturated heterocycles. The Morgan fingerprint density at radius 1 is 1.29 bits per heavy atom. The van der Waals surface area contributed by atoms with Gasteiger partial charge in [-0.1, -0.05) is 31.3 Å². The van der Waals surface area contributed by atoms with E-state index in [2.05, 4.69) is 29.3 Å². The molecule has 17 heavy (non-hydrogen) atoms. The fraction of sp³-hybridized carbons (Fsp3) is 0.833. The van der Waals surface area contributed by atoms with Gasteiger partial charge in [0.1, 0.15) is 6.21 Å². The van der Waals surface area contributed by atoms with Crippen LogP contribution in [0.5, 0.6) is 0 Å². The van der Waals surface area contributed by atoms with Crippen LogP contribution in [0.1, 0.15) is 39.0 Å². The molecule has 0 radical (unpaired) electrons. The third-order valence-electron chi connectivity index (χ3n) is 2.58. The van der Waals surface area contributed by atoms with Crippen LogP contribution in [-0.2, 0) is 4.79 Å². The number of oxime groups is 1. The van der Waals surface area contributed by atoms with Crippen LogP contribution < -0.4 is 5.32 Å². The molecule has 0 fully saturated rings. The molecule has 0 aromatic heterocycles. The minimum atomic E-state index is -0.349. The van der Waals surface area contributed by atoms with Gasteiger partial charge in [0, 0.05) is 6.54 Å². The Hall–Kier alpha value is -1.10. The molecule has 0 aliphatic carbocycles. The van der Waals surface area contributed by atoms with E-state index in [1.165, 1.54) is 25.7 Å². The minimum Gasteiger partial charge on any atom is -0.411 e. The molecule has 0 aliphatic heterocycles. The van der Waals surface area contributed by atoms with Crippen LogP contribution in [-0.4, -0.2) is 48.9 Å². The molecule has 0 heterocycles. The van der Waals surface area contributed by atoms with Gasteiger partial charge in [-0.15, -0.1) is 0 Å². The number of amides is 1. The third-order valence-corrected chi connectivity index (χ3v) is 2.58. The number of hydrogen-bond donors (Lipinski definition) is 2. The van der Waals surface area contributed by atoms with Gasteiger partial charge in [0.25, 0.3) is 5.91 Å². The summed E-state index contributed by atoms with van der Waals surface area (Å²) in [5.41, 5.74) is 0. The number of rotatable bonds is 10. The van der Waals surface area contributed by atoms with Crippen LogP contribution in [0.2, 0.25) is 0 Å². The number of nitrogens with one attached hydrogen (secondary N) is 1. The Kier molecular flexibility index (Phi) is 10.7. The van der Waals surface area contributed by atoms with E-state index in [-0.39, 0.29) is 5.91 Å². The average molecular weight is 243 g/mol. The molecule has 0 aromatic rings. The summed E-state index contributed by atoms with van der Waals surface area (Å²) in [7, 11) is 2.10. The quantitative estimate of drug-likeness (QED) is 0.264. The van der Waals surface area contributed by atoms with Gasteiger partial charge in [-0.05, 0) is 33.0 Å². The Labute approximate surface area is 104 Å². The van der Waals surface area contributed by atoms with Crippen LogP contribution >= 0.6 is 0 Å². The predicted molar refractivity (Wildman–Crippen MR) is 69.5 cm³/mol. The monoisotopic (exact) mass is 243 g/mol. The predicted octanol–water partition coefficient (Wildman–Crippen LogP) is 1.46. The highest BCUT2D eigenvalue weighted by Crippen LogP contribution is 2.00. The van der Waals surface area contributed by atoms with E-state index in [1.54, 1.807) is 0 Å². The lowest BCUT2D eigenvalue weighted by molar-refractivity contribution is -0.114. The fourth-order valence-electron chi connectivity index (χ4n) is 1.58. The summed E-state index contributed by atoms with van der Waals surface area (Å²) < 4.78 is 0. The maximum absolute atomic E-state index is 10.9. The van der Waals surface area contributed by atoms with E-state index in [9.17, 15) is 4.79 Å². The van der Waals surface area contributed by atoms with E-state index in [4.69, 9.17) is 5.21 Å². The van der Waals surface area contributed by atoms with Crippen molar-refractivity contribution in [2.24, 2.45) is 5.16 Å². The summed E-state index contributed by atoms with van der Waals surface area (Å²) in [5, 5.41) is 13.4. The van der Waals surface area contributed by atoms with Crippen molar-refractivity contribution in [1.82, 2.24) is 10.2 Å². The van der Waals surface area contributed by atoms with Gasteiger partial charge in [-0.3, -0.25) is 4.79 Å². The number of hydrogen-bond acceptors (Lipinski definition) is 4. The second-order valence-electron chi connectivity index (χ2n) is 4.25. The molecule has 2 N–H and O–H groups in total. The molecule has 100 valence electrons. The molecule has 1 amide bonds. The number of unbranched alkanes of at least 4 members (excludes halogenated alkanes) is 3. The molecule has 0 rings (SSSR count). The molecule has 5 nitrogen and oxygen atoms in total. The van der Waals surface area contributed by atoms with E-state index in [1.807, 2.05) is 0 Å². The Balaban J connectivity index is 3.32. The smallest absolute Gasteiger partial charge is 0.265 e. The molecule has 0 saturated carbocycles. The maximum Gasteiger partial charge on any atom is 0.265 e. The van der Waals surface area contributed by atoms with Crippen molar-refractivity contribution >= 4 is 12.1 Å². The van der Waals surface area contributed by atoms with Crippen LogP contribution in [0, 0.1) is 0 Å². The molecule has 5 heteroatoms. The Morgan fingerprint density at radius 2 is 2.00 bits per heavy atom. The summed E-state index contributed by atoms with van der Waals surface area (Å²) in [6.07, 6.45) is 6.90. The van der Waals surface area contributed by atoms with Crippen molar-refractivity contribution in [2.75, 3.05) is 26.7 Å². The van der Waals surface area contributed by atoms with E-state index < -0.39 is 0 Å².